The third kappa shape index (κ3) is 32.9. The van der Waals surface area contributed by atoms with Gasteiger partial charge in [-0.15, -0.1) is 0 Å². The highest BCUT2D eigenvalue weighted by atomic mass is 16.5. The lowest BCUT2D eigenvalue weighted by atomic mass is 10.0. The van der Waals surface area contributed by atoms with Crippen LogP contribution in [0, 0.1) is 0 Å². The molecule has 0 bridgehead atoms. The molecule has 0 aliphatic carbocycles. The highest BCUT2D eigenvalue weighted by Gasteiger charge is 2.03. The molecule has 0 aromatic carbocycles. The van der Waals surface area contributed by atoms with Gasteiger partial charge in [-0.25, -0.2) is 0 Å². The third-order valence-corrected chi connectivity index (χ3v) is 7.74. The van der Waals surface area contributed by atoms with Crippen molar-refractivity contribution < 1.29 is 19.1 Å². The lowest BCUT2D eigenvalue weighted by Gasteiger charge is -2.05. The van der Waals surface area contributed by atoms with Crippen molar-refractivity contribution in [3.8, 4) is 0 Å². The van der Waals surface area contributed by atoms with Gasteiger partial charge in [0.15, 0.2) is 0 Å². The standard InChI is InChI=1S/C36H68O4/c1-3-5-6-7-8-9-10-14-17-21-24-27-30-33-36(38)40-34-31-28-25-22-19-16-13-11-12-15-18-20-23-26-29-32-35(37)39-4-2/h11-12H,3-10,13-34H2,1-2H3. The number of allylic oxidation sites excluding steroid dienone is 2. The summed E-state index contributed by atoms with van der Waals surface area (Å²) < 4.78 is 10.4. The molecular weight excluding hydrogens is 496 g/mol. The van der Waals surface area contributed by atoms with Gasteiger partial charge in [0.25, 0.3) is 0 Å². The first kappa shape index (κ1) is 38.7. The van der Waals surface area contributed by atoms with E-state index in [9.17, 15) is 9.59 Å². The fourth-order valence-corrected chi connectivity index (χ4v) is 5.15. The van der Waals surface area contributed by atoms with Gasteiger partial charge in [-0.3, -0.25) is 9.59 Å². The molecule has 0 spiro atoms. The summed E-state index contributed by atoms with van der Waals surface area (Å²) in [6.07, 6.45) is 38.6. The Morgan fingerprint density at radius 2 is 0.775 bits per heavy atom. The van der Waals surface area contributed by atoms with Gasteiger partial charge in [0.1, 0.15) is 0 Å². The molecule has 0 saturated carbocycles. The maximum Gasteiger partial charge on any atom is 0.305 e. The van der Waals surface area contributed by atoms with E-state index in [1.165, 1.54) is 141 Å². The van der Waals surface area contributed by atoms with Crippen LogP contribution in [0.5, 0.6) is 0 Å². The van der Waals surface area contributed by atoms with E-state index < -0.39 is 0 Å². The van der Waals surface area contributed by atoms with Gasteiger partial charge in [-0.05, 0) is 51.9 Å². The molecule has 0 aliphatic heterocycles. The van der Waals surface area contributed by atoms with Crippen LogP contribution >= 0.6 is 0 Å². The van der Waals surface area contributed by atoms with Gasteiger partial charge < -0.3 is 9.47 Å². The van der Waals surface area contributed by atoms with E-state index in [0.29, 0.717) is 26.1 Å². The zero-order valence-corrected chi connectivity index (χ0v) is 27.0. The highest BCUT2D eigenvalue weighted by Crippen LogP contribution is 2.14. The number of unbranched alkanes of at least 4 members (excludes halogenated alkanes) is 23. The number of rotatable bonds is 32. The fraction of sp³-hybridized carbons (Fsp3) is 0.889. The molecule has 0 N–H and O–H groups in total. The summed E-state index contributed by atoms with van der Waals surface area (Å²) in [7, 11) is 0. The summed E-state index contributed by atoms with van der Waals surface area (Å²) in [5.41, 5.74) is 0. The zero-order valence-electron chi connectivity index (χ0n) is 27.0. The quantitative estimate of drug-likeness (QED) is 0.0463. The Morgan fingerprint density at radius 3 is 1.20 bits per heavy atom. The molecule has 0 amide bonds. The van der Waals surface area contributed by atoms with Gasteiger partial charge in [0, 0.05) is 12.8 Å². The van der Waals surface area contributed by atoms with Crippen molar-refractivity contribution in [2.45, 2.75) is 194 Å². The molecule has 0 radical (unpaired) electrons. The van der Waals surface area contributed by atoms with Crippen molar-refractivity contribution >= 4 is 11.9 Å². The minimum absolute atomic E-state index is 0.00357. The van der Waals surface area contributed by atoms with Crippen molar-refractivity contribution in [2.75, 3.05) is 13.2 Å². The minimum Gasteiger partial charge on any atom is -0.466 e. The lowest BCUT2D eigenvalue weighted by molar-refractivity contribution is -0.144. The largest absolute Gasteiger partial charge is 0.466 e. The average Bonchev–Trinajstić information content (AvgIpc) is 2.95. The van der Waals surface area contributed by atoms with Crippen molar-refractivity contribution in [1.82, 2.24) is 0 Å². The van der Waals surface area contributed by atoms with Gasteiger partial charge in [-0.2, -0.15) is 0 Å². The van der Waals surface area contributed by atoms with E-state index in [1.54, 1.807) is 0 Å². The topological polar surface area (TPSA) is 52.6 Å². The van der Waals surface area contributed by atoms with E-state index in [1.807, 2.05) is 6.92 Å². The van der Waals surface area contributed by atoms with Crippen molar-refractivity contribution in [2.24, 2.45) is 0 Å². The van der Waals surface area contributed by atoms with Crippen LogP contribution in [-0.2, 0) is 19.1 Å². The van der Waals surface area contributed by atoms with Crippen LogP contribution in [0.2, 0.25) is 0 Å². The molecule has 40 heavy (non-hydrogen) atoms. The van der Waals surface area contributed by atoms with Crippen LogP contribution < -0.4 is 0 Å². The molecule has 236 valence electrons. The van der Waals surface area contributed by atoms with Crippen LogP contribution in [0.3, 0.4) is 0 Å². The van der Waals surface area contributed by atoms with Gasteiger partial charge >= 0.3 is 11.9 Å². The maximum atomic E-state index is 11.9. The molecule has 0 rings (SSSR count). The minimum atomic E-state index is -0.0542. The zero-order chi connectivity index (χ0) is 29.2. The normalized spacial score (nSPS) is 11.3. The Morgan fingerprint density at radius 1 is 0.425 bits per heavy atom. The predicted molar refractivity (Wildman–Crippen MR) is 172 cm³/mol. The molecule has 0 unspecified atom stereocenters. The molecule has 0 aliphatic rings. The SMILES string of the molecule is CCCCCCCCCCCCCCCC(=O)OCCCCCCCCC=CCCCCCCCC(=O)OCC. The summed E-state index contributed by atoms with van der Waals surface area (Å²) in [6.45, 7) is 5.23. The van der Waals surface area contributed by atoms with Crippen molar-refractivity contribution in [3.05, 3.63) is 12.2 Å². The monoisotopic (exact) mass is 565 g/mol. The summed E-state index contributed by atoms with van der Waals surface area (Å²) in [5, 5.41) is 0. The lowest BCUT2D eigenvalue weighted by Crippen LogP contribution is -2.05. The van der Waals surface area contributed by atoms with Crippen LogP contribution in [0.4, 0.5) is 0 Å². The molecule has 4 nitrogen and oxygen atoms in total. The van der Waals surface area contributed by atoms with E-state index in [2.05, 4.69) is 19.1 Å². The highest BCUT2D eigenvalue weighted by molar-refractivity contribution is 5.69. The van der Waals surface area contributed by atoms with E-state index in [0.717, 1.165) is 25.7 Å². The van der Waals surface area contributed by atoms with E-state index >= 15 is 0 Å². The Bertz CT molecular complexity index is 557. The maximum absolute atomic E-state index is 11.9. The number of carbonyl (C=O) groups is 2. The summed E-state index contributed by atoms with van der Waals surface area (Å²) in [5.74, 6) is -0.0506. The first-order valence-electron chi connectivity index (χ1n) is 17.7. The molecule has 4 heteroatoms. The molecular formula is C36H68O4. The Kier molecular flexibility index (Phi) is 32.8. The molecule has 0 atom stereocenters. The smallest absolute Gasteiger partial charge is 0.305 e. The molecule has 0 saturated heterocycles. The summed E-state index contributed by atoms with van der Waals surface area (Å²) >= 11 is 0. The van der Waals surface area contributed by atoms with Crippen LogP contribution in [0.15, 0.2) is 12.2 Å². The van der Waals surface area contributed by atoms with Crippen LogP contribution in [0.1, 0.15) is 194 Å². The molecule has 0 fully saturated rings. The second-order valence-corrected chi connectivity index (χ2v) is 11.7. The summed E-state index contributed by atoms with van der Waals surface area (Å²) in [4.78, 5) is 23.2. The van der Waals surface area contributed by atoms with Gasteiger partial charge in [0.05, 0.1) is 13.2 Å². The second kappa shape index (κ2) is 33.9. The number of hydrogen-bond acceptors (Lipinski definition) is 4. The number of esters is 2. The van der Waals surface area contributed by atoms with Crippen molar-refractivity contribution in [1.29, 1.82) is 0 Å². The Labute approximate surface area is 249 Å². The number of hydrogen-bond donors (Lipinski definition) is 0. The molecule has 0 heterocycles. The van der Waals surface area contributed by atoms with Crippen molar-refractivity contribution in [3.63, 3.8) is 0 Å². The molecule has 0 aromatic heterocycles. The van der Waals surface area contributed by atoms with E-state index in [4.69, 9.17) is 9.47 Å². The van der Waals surface area contributed by atoms with Gasteiger partial charge in [-0.1, -0.05) is 141 Å². The van der Waals surface area contributed by atoms with Gasteiger partial charge in [0.2, 0.25) is 0 Å². The first-order chi connectivity index (χ1) is 19.7. The Hall–Kier alpha value is -1.32. The first-order valence-corrected chi connectivity index (χ1v) is 17.7. The predicted octanol–water partition coefficient (Wildman–Crippen LogP) is 11.6. The third-order valence-electron chi connectivity index (χ3n) is 7.74. The van der Waals surface area contributed by atoms with E-state index in [-0.39, 0.29) is 11.9 Å². The molecule has 0 aromatic rings. The fourth-order valence-electron chi connectivity index (χ4n) is 5.15. The van der Waals surface area contributed by atoms with Crippen LogP contribution in [-0.4, -0.2) is 25.2 Å². The average molecular weight is 565 g/mol. The Balaban J connectivity index is 3.22. The summed E-state index contributed by atoms with van der Waals surface area (Å²) in [6, 6.07) is 0. The van der Waals surface area contributed by atoms with Crippen LogP contribution in [0.25, 0.3) is 0 Å². The number of ether oxygens (including phenoxy) is 2. The number of carbonyl (C=O) groups excluding carboxylic acids is 2. The second-order valence-electron chi connectivity index (χ2n) is 11.7.